The van der Waals surface area contributed by atoms with Crippen LogP contribution in [0, 0.1) is 40.9 Å². The van der Waals surface area contributed by atoms with E-state index in [9.17, 15) is 5.11 Å². The van der Waals surface area contributed by atoms with Crippen molar-refractivity contribution in [2.75, 3.05) is 13.2 Å². The van der Waals surface area contributed by atoms with Crippen molar-refractivity contribution in [2.45, 2.75) is 76.6 Å². The molecule has 1 saturated heterocycles. The highest BCUT2D eigenvalue weighted by Gasteiger charge is 2.60. The van der Waals surface area contributed by atoms with E-state index < -0.39 is 0 Å². The molecule has 0 aromatic heterocycles. The molecule has 3 nitrogen and oxygen atoms in total. The third-order valence-corrected chi connectivity index (χ3v) is 9.35. The van der Waals surface area contributed by atoms with Crippen LogP contribution >= 0.6 is 0 Å². The SMILES string of the molecule is C=CC[C@@H]1CC2CC3(CCC2C2CCC4(C)C(O)CCC4C21)OCCO3. The molecule has 1 spiro atoms. The van der Waals surface area contributed by atoms with Gasteiger partial charge in [0.2, 0.25) is 0 Å². The topological polar surface area (TPSA) is 38.7 Å². The first-order valence-corrected chi connectivity index (χ1v) is 11.1. The first-order chi connectivity index (χ1) is 12.6. The molecule has 5 rings (SSSR count). The van der Waals surface area contributed by atoms with Crippen LogP contribution in [0.25, 0.3) is 0 Å². The van der Waals surface area contributed by atoms with Crippen molar-refractivity contribution in [3.05, 3.63) is 12.7 Å². The minimum Gasteiger partial charge on any atom is -0.393 e. The van der Waals surface area contributed by atoms with E-state index in [1.54, 1.807) is 0 Å². The average Bonchev–Trinajstić information content (AvgIpc) is 3.20. The number of ether oxygens (including phenoxy) is 2. The summed E-state index contributed by atoms with van der Waals surface area (Å²) in [5.41, 5.74) is 0.168. The van der Waals surface area contributed by atoms with Gasteiger partial charge in [0.1, 0.15) is 0 Å². The summed E-state index contributed by atoms with van der Waals surface area (Å²) in [6, 6.07) is 0. The molecular weight excluding hydrogens is 324 g/mol. The fourth-order valence-corrected chi connectivity index (χ4v) is 8.24. The molecule has 146 valence electrons. The Balaban J connectivity index is 1.43. The van der Waals surface area contributed by atoms with Crippen LogP contribution in [0.1, 0.15) is 64.7 Å². The van der Waals surface area contributed by atoms with Crippen LogP contribution in [0.15, 0.2) is 12.7 Å². The Morgan fingerprint density at radius 2 is 1.85 bits per heavy atom. The Hall–Kier alpha value is -0.380. The van der Waals surface area contributed by atoms with Gasteiger partial charge in [-0.1, -0.05) is 13.0 Å². The van der Waals surface area contributed by atoms with Gasteiger partial charge in [0.05, 0.1) is 19.3 Å². The third kappa shape index (κ3) is 2.49. The molecule has 8 atom stereocenters. The normalized spacial score (nSPS) is 52.3. The quantitative estimate of drug-likeness (QED) is 0.735. The average molecular weight is 361 g/mol. The number of hydrogen-bond donors (Lipinski definition) is 1. The molecule has 4 saturated carbocycles. The number of aliphatic hydroxyl groups excluding tert-OH is 1. The summed E-state index contributed by atoms with van der Waals surface area (Å²) in [6.45, 7) is 8.03. The van der Waals surface area contributed by atoms with Gasteiger partial charge in [0.15, 0.2) is 5.79 Å². The Bertz CT molecular complexity index is 554. The molecule has 0 radical (unpaired) electrons. The lowest BCUT2D eigenvalue weighted by atomic mass is 9.47. The summed E-state index contributed by atoms with van der Waals surface area (Å²) >= 11 is 0. The number of aliphatic hydroxyl groups is 1. The van der Waals surface area contributed by atoms with Crippen molar-refractivity contribution < 1.29 is 14.6 Å². The summed E-state index contributed by atoms with van der Waals surface area (Å²) in [6.07, 6.45) is 12.8. The van der Waals surface area contributed by atoms with Crippen molar-refractivity contribution in [3.63, 3.8) is 0 Å². The van der Waals surface area contributed by atoms with E-state index in [1.165, 1.54) is 32.1 Å². The van der Waals surface area contributed by atoms with E-state index in [1.807, 2.05) is 0 Å². The van der Waals surface area contributed by atoms with Gasteiger partial charge in [-0.15, -0.1) is 6.58 Å². The lowest BCUT2D eigenvalue weighted by molar-refractivity contribution is -0.215. The third-order valence-electron chi connectivity index (χ3n) is 9.35. The molecule has 5 aliphatic rings. The van der Waals surface area contributed by atoms with Gasteiger partial charge in [-0.3, -0.25) is 0 Å². The Labute approximate surface area is 158 Å². The summed E-state index contributed by atoms with van der Waals surface area (Å²) in [5, 5.41) is 10.7. The van der Waals surface area contributed by atoms with Gasteiger partial charge >= 0.3 is 0 Å². The molecule has 1 heterocycles. The predicted molar refractivity (Wildman–Crippen MR) is 101 cm³/mol. The zero-order valence-electron chi connectivity index (χ0n) is 16.4. The van der Waals surface area contributed by atoms with E-state index >= 15 is 0 Å². The van der Waals surface area contributed by atoms with E-state index in [-0.39, 0.29) is 17.3 Å². The molecule has 3 heteroatoms. The van der Waals surface area contributed by atoms with Crippen molar-refractivity contribution in [1.82, 2.24) is 0 Å². The number of allylic oxidation sites excluding steroid dienone is 1. The highest BCUT2D eigenvalue weighted by molar-refractivity contribution is 5.09. The summed E-state index contributed by atoms with van der Waals surface area (Å²) < 4.78 is 12.2. The molecule has 0 aromatic rings. The molecule has 0 amide bonds. The molecule has 1 aliphatic heterocycles. The summed E-state index contributed by atoms with van der Waals surface area (Å²) in [7, 11) is 0. The first-order valence-electron chi connectivity index (χ1n) is 11.1. The van der Waals surface area contributed by atoms with Gasteiger partial charge in [-0.2, -0.15) is 0 Å². The van der Waals surface area contributed by atoms with E-state index in [4.69, 9.17) is 9.47 Å². The second kappa shape index (κ2) is 6.32. The van der Waals surface area contributed by atoms with E-state index in [2.05, 4.69) is 19.6 Å². The Kier molecular flexibility index (Phi) is 4.30. The van der Waals surface area contributed by atoms with Gasteiger partial charge < -0.3 is 14.6 Å². The van der Waals surface area contributed by atoms with Gasteiger partial charge in [-0.25, -0.2) is 0 Å². The molecule has 26 heavy (non-hydrogen) atoms. The second-order valence-electron chi connectivity index (χ2n) is 10.3. The molecule has 0 bridgehead atoms. The number of hydrogen-bond acceptors (Lipinski definition) is 3. The largest absolute Gasteiger partial charge is 0.393 e. The van der Waals surface area contributed by atoms with Crippen LogP contribution in [-0.4, -0.2) is 30.2 Å². The van der Waals surface area contributed by atoms with E-state index in [0.29, 0.717) is 0 Å². The second-order valence-corrected chi connectivity index (χ2v) is 10.3. The van der Waals surface area contributed by atoms with Crippen molar-refractivity contribution in [3.8, 4) is 0 Å². The first kappa shape index (κ1) is 17.7. The molecule has 1 N–H and O–H groups in total. The molecule has 5 fully saturated rings. The predicted octanol–water partition coefficient (Wildman–Crippen LogP) is 4.55. The fraction of sp³-hybridized carbons (Fsp3) is 0.913. The van der Waals surface area contributed by atoms with Gasteiger partial charge in [-0.05, 0) is 85.9 Å². The zero-order chi connectivity index (χ0) is 17.9. The summed E-state index contributed by atoms with van der Waals surface area (Å²) in [4.78, 5) is 0. The van der Waals surface area contributed by atoms with Crippen LogP contribution in [0.4, 0.5) is 0 Å². The highest BCUT2D eigenvalue weighted by atomic mass is 16.7. The molecule has 4 aliphatic carbocycles. The number of fused-ring (bicyclic) bond motifs is 5. The molecular formula is C23H36O3. The smallest absolute Gasteiger partial charge is 0.168 e. The van der Waals surface area contributed by atoms with Crippen LogP contribution in [0.5, 0.6) is 0 Å². The van der Waals surface area contributed by atoms with Crippen LogP contribution in [-0.2, 0) is 9.47 Å². The van der Waals surface area contributed by atoms with Crippen LogP contribution < -0.4 is 0 Å². The maximum Gasteiger partial charge on any atom is 0.168 e. The summed E-state index contributed by atoms with van der Waals surface area (Å²) in [5.74, 6) is 4.46. The van der Waals surface area contributed by atoms with Crippen LogP contribution in [0.3, 0.4) is 0 Å². The fourth-order valence-electron chi connectivity index (χ4n) is 8.24. The lowest BCUT2D eigenvalue weighted by Crippen LogP contribution is -2.54. The van der Waals surface area contributed by atoms with Crippen LogP contribution in [0.2, 0.25) is 0 Å². The lowest BCUT2D eigenvalue weighted by Gasteiger charge is -2.59. The maximum absolute atomic E-state index is 10.7. The van der Waals surface area contributed by atoms with Crippen molar-refractivity contribution in [2.24, 2.45) is 40.9 Å². The molecule has 0 aromatic carbocycles. The monoisotopic (exact) mass is 360 g/mol. The minimum absolute atomic E-state index is 0.0783. The Morgan fingerprint density at radius 1 is 1.08 bits per heavy atom. The number of rotatable bonds is 2. The van der Waals surface area contributed by atoms with E-state index in [0.717, 1.165) is 74.4 Å². The van der Waals surface area contributed by atoms with Crippen molar-refractivity contribution >= 4 is 0 Å². The minimum atomic E-state index is -0.251. The molecule has 7 unspecified atom stereocenters. The maximum atomic E-state index is 10.7. The van der Waals surface area contributed by atoms with Gasteiger partial charge in [0.25, 0.3) is 0 Å². The zero-order valence-corrected chi connectivity index (χ0v) is 16.4. The highest BCUT2D eigenvalue weighted by Crippen LogP contribution is 2.65. The standard InChI is InChI=1S/C23H36O3/c1-3-4-15-13-16-14-23(25-11-12-26-23)10-8-17(16)18-7-9-22(2)19(21(15)18)5-6-20(22)24/h3,15-21,24H,1,4-14H2,2H3/t15-,16?,17?,18?,19?,20?,21?,22?/m1/s1. The van der Waals surface area contributed by atoms with Gasteiger partial charge in [0, 0.05) is 12.8 Å². The van der Waals surface area contributed by atoms with Crippen molar-refractivity contribution in [1.29, 1.82) is 0 Å². The Morgan fingerprint density at radius 3 is 2.62 bits per heavy atom.